The molecule has 1 aromatic heterocycles. The number of aromatic nitrogens is 1. The Kier molecular flexibility index (Phi) is 5.35. The predicted molar refractivity (Wildman–Crippen MR) is 93.1 cm³/mol. The first-order valence-electron chi connectivity index (χ1n) is 7.77. The van der Waals surface area contributed by atoms with Crippen molar-refractivity contribution in [3.63, 3.8) is 0 Å². The number of hydrogen-bond donors (Lipinski definition) is 1. The van der Waals surface area contributed by atoms with Crippen LogP contribution >= 0.6 is 0 Å². The molecule has 0 saturated heterocycles. The molecule has 0 bridgehead atoms. The van der Waals surface area contributed by atoms with Crippen molar-refractivity contribution < 1.29 is 9.18 Å². The van der Waals surface area contributed by atoms with Gasteiger partial charge in [-0.25, -0.2) is 9.37 Å². The van der Waals surface area contributed by atoms with Gasteiger partial charge in [0, 0.05) is 23.9 Å². The molecule has 3 nitrogen and oxygen atoms in total. The largest absolute Gasteiger partial charge is 0.350 e. The number of nitrogens with one attached hydrogen (secondary N) is 1. The van der Waals surface area contributed by atoms with Gasteiger partial charge in [-0.2, -0.15) is 0 Å². The van der Waals surface area contributed by atoms with Gasteiger partial charge in [0.25, 0.3) is 5.91 Å². The van der Waals surface area contributed by atoms with Gasteiger partial charge in [0.05, 0.1) is 0 Å². The fourth-order valence-corrected chi connectivity index (χ4v) is 2.02. The van der Waals surface area contributed by atoms with Gasteiger partial charge in [-0.15, -0.1) is 0 Å². The average molecular weight is 324 g/mol. The second-order valence-electron chi connectivity index (χ2n) is 6.89. The molecule has 24 heavy (non-hydrogen) atoms. The van der Waals surface area contributed by atoms with Crippen molar-refractivity contribution in [2.75, 3.05) is 6.54 Å². The summed E-state index contributed by atoms with van der Waals surface area (Å²) in [4.78, 5) is 16.4. The predicted octanol–water partition coefficient (Wildman–Crippen LogP) is 3.70. The molecule has 0 aliphatic rings. The maximum Gasteiger partial charge on any atom is 0.270 e. The minimum absolute atomic E-state index is 0.0138. The van der Waals surface area contributed by atoms with E-state index >= 15 is 0 Å². The molecule has 0 fully saturated rings. The van der Waals surface area contributed by atoms with Crippen molar-refractivity contribution in [2.45, 2.75) is 27.7 Å². The number of carbonyl (C=O) groups is 1. The first-order chi connectivity index (χ1) is 11.2. The summed E-state index contributed by atoms with van der Waals surface area (Å²) >= 11 is 0. The number of aryl methyl sites for hydroxylation is 1. The number of rotatable bonds is 2. The van der Waals surface area contributed by atoms with Crippen molar-refractivity contribution in [2.24, 2.45) is 5.41 Å². The normalized spacial score (nSPS) is 10.7. The van der Waals surface area contributed by atoms with Crippen LogP contribution in [0.1, 0.15) is 48.0 Å². The Bertz CT molecular complexity index is 810. The van der Waals surface area contributed by atoms with E-state index in [1.807, 2.05) is 13.0 Å². The summed E-state index contributed by atoms with van der Waals surface area (Å²) in [6.45, 7) is 8.57. The minimum atomic E-state index is -0.318. The standard InChI is InChI=1S/C20H21FN2O/c1-14-10-16(9-8-15-6-5-7-17(21)11-15)12-22-18(14)19(24)23-13-20(2,3)4/h5-7,10-12H,13H2,1-4H3,(H,23,24). The monoisotopic (exact) mass is 324 g/mol. The summed E-state index contributed by atoms with van der Waals surface area (Å²) in [5, 5.41) is 2.88. The van der Waals surface area contributed by atoms with Gasteiger partial charge < -0.3 is 5.32 Å². The molecule has 0 aliphatic carbocycles. The lowest BCUT2D eigenvalue weighted by atomic mass is 9.97. The molecular formula is C20H21FN2O. The van der Waals surface area contributed by atoms with Crippen molar-refractivity contribution in [3.8, 4) is 11.8 Å². The molecule has 1 aromatic carbocycles. The molecule has 1 N–H and O–H groups in total. The summed E-state index contributed by atoms with van der Waals surface area (Å²) in [5.74, 6) is 5.33. The number of carbonyl (C=O) groups excluding carboxylic acids is 1. The Morgan fingerprint density at radius 3 is 2.54 bits per heavy atom. The van der Waals surface area contributed by atoms with E-state index in [0.717, 1.165) is 5.56 Å². The van der Waals surface area contributed by atoms with E-state index in [1.54, 1.807) is 18.3 Å². The third-order valence-electron chi connectivity index (χ3n) is 3.25. The minimum Gasteiger partial charge on any atom is -0.350 e. The highest BCUT2D eigenvalue weighted by Crippen LogP contribution is 2.12. The second-order valence-corrected chi connectivity index (χ2v) is 6.89. The zero-order valence-electron chi connectivity index (χ0n) is 14.4. The average Bonchev–Trinajstić information content (AvgIpc) is 2.50. The molecule has 1 heterocycles. The summed E-state index contributed by atoms with van der Waals surface area (Å²) < 4.78 is 13.1. The molecule has 0 spiro atoms. The third-order valence-corrected chi connectivity index (χ3v) is 3.25. The number of pyridine rings is 1. The highest BCUT2D eigenvalue weighted by molar-refractivity contribution is 5.93. The Morgan fingerprint density at radius 2 is 1.92 bits per heavy atom. The summed E-state index contributed by atoms with van der Waals surface area (Å²) in [7, 11) is 0. The van der Waals surface area contributed by atoms with Crippen LogP contribution in [0.2, 0.25) is 0 Å². The van der Waals surface area contributed by atoms with Crippen molar-refractivity contribution in [1.29, 1.82) is 0 Å². The molecule has 0 atom stereocenters. The summed E-state index contributed by atoms with van der Waals surface area (Å²) in [6.07, 6.45) is 1.56. The maximum absolute atomic E-state index is 13.1. The molecule has 4 heteroatoms. The number of hydrogen-bond acceptors (Lipinski definition) is 2. The van der Waals surface area contributed by atoms with E-state index in [4.69, 9.17) is 0 Å². The Labute approximate surface area is 142 Å². The smallest absolute Gasteiger partial charge is 0.270 e. The number of benzene rings is 1. The Balaban J connectivity index is 2.14. The van der Waals surface area contributed by atoms with E-state index in [1.165, 1.54) is 12.1 Å². The van der Waals surface area contributed by atoms with Crippen LogP contribution in [0.5, 0.6) is 0 Å². The zero-order chi connectivity index (χ0) is 17.7. The molecule has 0 radical (unpaired) electrons. The van der Waals surface area contributed by atoms with Gasteiger partial charge >= 0.3 is 0 Å². The molecule has 124 valence electrons. The van der Waals surface area contributed by atoms with Gasteiger partial charge in [0.15, 0.2) is 0 Å². The van der Waals surface area contributed by atoms with Gasteiger partial charge in [0.2, 0.25) is 0 Å². The molecule has 1 amide bonds. The van der Waals surface area contributed by atoms with Crippen molar-refractivity contribution >= 4 is 5.91 Å². The van der Waals surface area contributed by atoms with Gasteiger partial charge in [0.1, 0.15) is 11.5 Å². The molecule has 2 aromatic rings. The van der Waals surface area contributed by atoms with Gasteiger partial charge in [-0.05, 0) is 42.2 Å². The second kappa shape index (κ2) is 7.27. The van der Waals surface area contributed by atoms with E-state index in [0.29, 0.717) is 23.4 Å². The topological polar surface area (TPSA) is 42.0 Å². The Morgan fingerprint density at radius 1 is 1.21 bits per heavy atom. The lowest BCUT2D eigenvalue weighted by molar-refractivity contribution is 0.0933. The van der Waals surface area contributed by atoms with Crippen molar-refractivity contribution in [1.82, 2.24) is 10.3 Å². The first-order valence-corrected chi connectivity index (χ1v) is 7.77. The lowest BCUT2D eigenvalue weighted by Crippen LogP contribution is -2.33. The van der Waals surface area contributed by atoms with Crippen LogP contribution in [-0.4, -0.2) is 17.4 Å². The first kappa shape index (κ1) is 17.7. The Hall–Kier alpha value is -2.67. The van der Waals surface area contributed by atoms with Crippen LogP contribution < -0.4 is 5.32 Å². The van der Waals surface area contributed by atoms with E-state index < -0.39 is 0 Å². The number of amides is 1. The fourth-order valence-electron chi connectivity index (χ4n) is 2.02. The molecule has 0 unspecified atom stereocenters. The SMILES string of the molecule is Cc1cc(C#Cc2cccc(F)c2)cnc1C(=O)NCC(C)(C)C. The van der Waals surface area contributed by atoms with Crippen LogP contribution in [-0.2, 0) is 0 Å². The highest BCUT2D eigenvalue weighted by Gasteiger charge is 2.15. The third kappa shape index (κ3) is 5.20. The molecule has 2 rings (SSSR count). The summed E-state index contributed by atoms with van der Waals surface area (Å²) in [6, 6.07) is 7.92. The number of halogens is 1. The highest BCUT2D eigenvalue weighted by atomic mass is 19.1. The van der Waals surface area contributed by atoms with E-state index in [9.17, 15) is 9.18 Å². The molecule has 0 saturated carbocycles. The van der Waals surface area contributed by atoms with E-state index in [-0.39, 0.29) is 17.1 Å². The molecule has 0 aliphatic heterocycles. The van der Waals surface area contributed by atoms with Gasteiger partial charge in [-0.3, -0.25) is 4.79 Å². The fraction of sp³-hybridized carbons (Fsp3) is 0.300. The van der Waals surface area contributed by atoms with Crippen LogP contribution in [0.15, 0.2) is 36.5 Å². The maximum atomic E-state index is 13.1. The van der Waals surface area contributed by atoms with Crippen molar-refractivity contribution in [3.05, 3.63) is 64.7 Å². The molecular weight excluding hydrogens is 303 g/mol. The zero-order valence-corrected chi connectivity index (χ0v) is 14.4. The number of nitrogens with zero attached hydrogens (tertiary/aromatic N) is 1. The summed E-state index contributed by atoms with van der Waals surface area (Å²) in [5.41, 5.74) is 2.45. The van der Waals surface area contributed by atoms with Gasteiger partial charge in [-0.1, -0.05) is 38.7 Å². The quantitative estimate of drug-likeness (QED) is 0.856. The van der Waals surface area contributed by atoms with Crippen LogP contribution in [0.25, 0.3) is 0 Å². The van der Waals surface area contributed by atoms with Crippen LogP contribution in [0.3, 0.4) is 0 Å². The van der Waals surface area contributed by atoms with E-state index in [2.05, 4.69) is 42.9 Å². The van der Waals surface area contributed by atoms with Crippen LogP contribution in [0.4, 0.5) is 4.39 Å². The lowest BCUT2D eigenvalue weighted by Gasteiger charge is -2.18. The van der Waals surface area contributed by atoms with Crippen LogP contribution in [0, 0.1) is 30.0 Å².